The summed E-state index contributed by atoms with van der Waals surface area (Å²) < 4.78 is 5.42. The van der Waals surface area contributed by atoms with Gasteiger partial charge in [-0.1, -0.05) is 53.5 Å². The van der Waals surface area contributed by atoms with Crippen molar-refractivity contribution in [3.8, 4) is 0 Å². The molecule has 146 valence electrons. The third kappa shape index (κ3) is 4.03. The zero-order valence-corrected chi connectivity index (χ0v) is 16.9. The topological polar surface area (TPSA) is 46.6 Å². The van der Waals surface area contributed by atoms with Crippen molar-refractivity contribution in [3.63, 3.8) is 0 Å². The van der Waals surface area contributed by atoms with Crippen LogP contribution in [-0.4, -0.2) is 29.9 Å². The van der Waals surface area contributed by atoms with Crippen molar-refractivity contribution in [1.29, 1.82) is 0 Å². The van der Waals surface area contributed by atoms with Crippen molar-refractivity contribution in [2.45, 2.75) is 25.9 Å². The number of ether oxygens (including phenoxy) is 1. The quantitative estimate of drug-likeness (QED) is 0.606. The summed E-state index contributed by atoms with van der Waals surface area (Å²) in [6.45, 7) is 1.51. The van der Waals surface area contributed by atoms with Gasteiger partial charge < -0.3 is 9.64 Å². The molecule has 6 heteroatoms. The molecule has 1 aliphatic carbocycles. The monoisotopic (exact) mass is 417 g/mol. The van der Waals surface area contributed by atoms with Crippen LogP contribution in [-0.2, 0) is 11.3 Å². The first-order valence-corrected chi connectivity index (χ1v) is 10.2. The Bertz CT molecular complexity index is 872. The first-order chi connectivity index (χ1) is 13.5. The van der Waals surface area contributed by atoms with Crippen molar-refractivity contribution in [2.75, 3.05) is 13.1 Å². The van der Waals surface area contributed by atoms with Gasteiger partial charge in [-0.2, -0.15) is 0 Å². The molecule has 1 amide bonds. The van der Waals surface area contributed by atoms with E-state index in [9.17, 15) is 9.59 Å². The summed E-state index contributed by atoms with van der Waals surface area (Å²) in [6, 6.07) is 14.6. The lowest BCUT2D eigenvalue weighted by atomic mass is 9.88. The van der Waals surface area contributed by atoms with Crippen molar-refractivity contribution in [3.05, 3.63) is 69.7 Å². The number of likely N-dealkylation sites (tertiary alicyclic amines) is 1. The van der Waals surface area contributed by atoms with Gasteiger partial charge in [0.05, 0.1) is 0 Å². The summed E-state index contributed by atoms with van der Waals surface area (Å²) in [6.07, 6.45) is 2.21. The molecule has 1 spiro atoms. The van der Waals surface area contributed by atoms with Crippen LogP contribution in [0.1, 0.15) is 35.2 Å². The molecule has 28 heavy (non-hydrogen) atoms. The Hall–Kier alpha value is -2.04. The molecule has 1 aliphatic heterocycles. The normalized spacial score (nSPS) is 20.1. The Morgan fingerprint density at radius 1 is 1.04 bits per heavy atom. The molecular formula is C22H21Cl2NO3. The first-order valence-electron chi connectivity index (χ1n) is 9.43. The highest BCUT2D eigenvalue weighted by molar-refractivity contribution is 6.35. The van der Waals surface area contributed by atoms with Gasteiger partial charge in [0, 0.05) is 34.6 Å². The summed E-state index contributed by atoms with van der Waals surface area (Å²) in [7, 11) is 0. The third-order valence-electron chi connectivity index (χ3n) is 5.88. The Morgan fingerprint density at radius 3 is 2.32 bits per heavy atom. The van der Waals surface area contributed by atoms with Crippen LogP contribution in [0, 0.1) is 11.3 Å². The molecule has 2 aromatic carbocycles. The maximum absolute atomic E-state index is 12.8. The molecule has 0 radical (unpaired) electrons. The van der Waals surface area contributed by atoms with Crippen molar-refractivity contribution in [2.24, 2.45) is 11.3 Å². The number of piperidine rings is 1. The highest BCUT2D eigenvalue weighted by Crippen LogP contribution is 2.60. The first kappa shape index (κ1) is 19.3. The van der Waals surface area contributed by atoms with E-state index in [0.717, 1.165) is 24.8 Å². The van der Waals surface area contributed by atoms with Gasteiger partial charge in [0.1, 0.15) is 6.61 Å². The average molecular weight is 418 g/mol. The minimum Gasteiger partial charge on any atom is -0.445 e. The molecule has 2 aromatic rings. The number of halogens is 2. The summed E-state index contributed by atoms with van der Waals surface area (Å²) in [5, 5.41) is 0.947. The number of hydrogen-bond donors (Lipinski definition) is 0. The fourth-order valence-electron chi connectivity index (χ4n) is 4.11. The van der Waals surface area contributed by atoms with Crippen LogP contribution in [0.5, 0.6) is 0 Å². The van der Waals surface area contributed by atoms with Crippen molar-refractivity contribution < 1.29 is 14.3 Å². The maximum Gasteiger partial charge on any atom is 0.410 e. The number of Topliss-reactive ketones (excluding diaryl/α,β-unsaturated/α-hetero) is 1. The van der Waals surface area contributed by atoms with E-state index in [1.165, 1.54) is 0 Å². The number of nitrogens with zero attached hydrogens (tertiary/aromatic N) is 1. The zero-order valence-electron chi connectivity index (χ0n) is 15.4. The SMILES string of the molecule is O=C(c1cc(Cl)cc(Cl)c1)C1CC12CCN(C(=O)OCc1ccccc1)CC2. The molecule has 1 atom stereocenters. The lowest BCUT2D eigenvalue weighted by Crippen LogP contribution is -2.40. The smallest absolute Gasteiger partial charge is 0.410 e. The van der Waals surface area contributed by atoms with E-state index in [2.05, 4.69) is 0 Å². The van der Waals surface area contributed by atoms with Crippen molar-refractivity contribution >= 4 is 35.1 Å². The second kappa shape index (κ2) is 7.76. The summed E-state index contributed by atoms with van der Waals surface area (Å²) in [4.78, 5) is 26.9. The average Bonchev–Trinajstić information content (AvgIpc) is 3.39. The van der Waals surface area contributed by atoms with Crippen LogP contribution >= 0.6 is 23.2 Å². The van der Waals surface area contributed by atoms with E-state index in [4.69, 9.17) is 27.9 Å². The Balaban J connectivity index is 1.31. The standard InChI is InChI=1S/C22H21Cl2NO3/c23-17-10-16(11-18(24)12-17)20(26)19-13-22(19)6-8-25(9-7-22)21(27)28-14-15-4-2-1-3-5-15/h1-5,10-12,19H,6-9,13-14H2. The minimum atomic E-state index is -0.288. The van der Waals surface area contributed by atoms with Gasteiger partial charge >= 0.3 is 6.09 Å². The highest BCUT2D eigenvalue weighted by atomic mass is 35.5. The predicted molar refractivity (Wildman–Crippen MR) is 109 cm³/mol. The van der Waals surface area contributed by atoms with Gasteiger partial charge in [-0.3, -0.25) is 4.79 Å². The predicted octanol–water partition coefficient (Wildman–Crippen LogP) is 5.62. The van der Waals surface area contributed by atoms with Crippen molar-refractivity contribution in [1.82, 2.24) is 4.90 Å². The Labute approximate surface area is 174 Å². The Morgan fingerprint density at radius 2 is 1.68 bits per heavy atom. The number of ketones is 1. The second-order valence-electron chi connectivity index (χ2n) is 7.67. The van der Waals surface area contributed by atoms with Crippen LogP contribution in [0.4, 0.5) is 4.79 Å². The number of hydrogen-bond acceptors (Lipinski definition) is 3. The molecule has 0 N–H and O–H groups in total. The van der Waals surface area contributed by atoms with E-state index in [-0.39, 0.29) is 29.8 Å². The van der Waals surface area contributed by atoms with Gasteiger partial charge in [0.15, 0.2) is 5.78 Å². The lowest BCUT2D eigenvalue weighted by molar-refractivity contribution is 0.0756. The number of amides is 1. The van der Waals surface area contributed by atoms with E-state index >= 15 is 0 Å². The summed E-state index contributed by atoms with van der Waals surface area (Å²) in [5.74, 6) is 0.0917. The van der Waals surface area contributed by atoms with Crippen LogP contribution < -0.4 is 0 Å². The van der Waals surface area contributed by atoms with E-state index in [1.807, 2.05) is 30.3 Å². The molecule has 4 nitrogen and oxygen atoms in total. The molecule has 1 heterocycles. The molecule has 1 unspecified atom stereocenters. The summed E-state index contributed by atoms with van der Waals surface area (Å²) in [5.41, 5.74) is 1.55. The van der Waals surface area contributed by atoms with Gasteiger partial charge in [-0.15, -0.1) is 0 Å². The molecular weight excluding hydrogens is 397 g/mol. The van der Waals surface area contributed by atoms with Gasteiger partial charge in [0.2, 0.25) is 0 Å². The van der Waals surface area contributed by atoms with Crippen LogP contribution in [0.25, 0.3) is 0 Å². The van der Waals surface area contributed by atoms with E-state index < -0.39 is 0 Å². The number of carbonyl (C=O) groups excluding carboxylic acids is 2. The van der Waals surface area contributed by atoms with Crippen LogP contribution in [0.3, 0.4) is 0 Å². The lowest BCUT2D eigenvalue weighted by Gasteiger charge is -2.32. The van der Waals surface area contributed by atoms with E-state index in [0.29, 0.717) is 28.7 Å². The second-order valence-corrected chi connectivity index (χ2v) is 8.54. The summed E-state index contributed by atoms with van der Waals surface area (Å²) >= 11 is 12.1. The molecule has 1 saturated heterocycles. The Kier molecular flexibility index (Phi) is 5.35. The number of rotatable bonds is 4. The zero-order chi connectivity index (χ0) is 19.7. The molecule has 2 fully saturated rings. The molecule has 0 aromatic heterocycles. The van der Waals surface area contributed by atoms with Gasteiger partial charge in [-0.05, 0) is 48.4 Å². The molecule has 0 bridgehead atoms. The van der Waals surface area contributed by atoms with Crippen LogP contribution in [0.2, 0.25) is 10.0 Å². The minimum absolute atomic E-state index is 0.00207. The van der Waals surface area contributed by atoms with Crippen LogP contribution in [0.15, 0.2) is 48.5 Å². The van der Waals surface area contributed by atoms with E-state index in [1.54, 1.807) is 23.1 Å². The molecule has 1 saturated carbocycles. The van der Waals surface area contributed by atoms with Gasteiger partial charge in [0.25, 0.3) is 0 Å². The number of carbonyl (C=O) groups is 2. The fourth-order valence-corrected chi connectivity index (χ4v) is 4.64. The third-order valence-corrected chi connectivity index (χ3v) is 6.31. The highest BCUT2D eigenvalue weighted by Gasteiger charge is 2.58. The molecule has 2 aliphatic rings. The fraction of sp³-hybridized carbons (Fsp3) is 0.364. The maximum atomic E-state index is 12.8. The number of benzene rings is 2. The van der Waals surface area contributed by atoms with Gasteiger partial charge in [-0.25, -0.2) is 4.79 Å². The molecule has 4 rings (SSSR count). The largest absolute Gasteiger partial charge is 0.445 e.